The highest BCUT2D eigenvalue weighted by Crippen LogP contribution is 2.43. The summed E-state index contributed by atoms with van der Waals surface area (Å²) in [7, 11) is 0. The van der Waals surface area contributed by atoms with Crippen molar-refractivity contribution in [2.45, 2.75) is 0 Å². The van der Waals surface area contributed by atoms with Crippen molar-refractivity contribution < 1.29 is 19.2 Å². The molecule has 0 N–H and O–H groups in total. The highest BCUT2D eigenvalue weighted by molar-refractivity contribution is 6.38. The van der Waals surface area contributed by atoms with Crippen LogP contribution in [0.5, 0.6) is 0 Å². The average Bonchev–Trinajstić information content (AvgIpc) is 1.10. The molecule has 2 aliphatic rings. The number of nitrogens with zero attached hydrogens (tertiary/aromatic N) is 6. The number of aromatic nitrogens is 4. The molecule has 84 heavy (non-hydrogen) atoms. The quantitative estimate of drug-likeness (QED) is 0.144. The van der Waals surface area contributed by atoms with Crippen LogP contribution in [0.25, 0.3) is 110 Å². The summed E-state index contributed by atoms with van der Waals surface area (Å²) in [5, 5.41) is 9.21. The van der Waals surface area contributed by atoms with Crippen LogP contribution in [0.15, 0.2) is 267 Å². The van der Waals surface area contributed by atoms with Gasteiger partial charge in [-0.2, -0.15) is 0 Å². The molecule has 0 atom stereocenters. The Labute approximate surface area is 481 Å². The summed E-state index contributed by atoms with van der Waals surface area (Å²) in [5.41, 5.74) is 9.82. The van der Waals surface area contributed by atoms with E-state index in [-0.39, 0.29) is 23.6 Å². The zero-order valence-corrected chi connectivity index (χ0v) is 44.7. The van der Waals surface area contributed by atoms with Gasteiger partial charge in [0, 0.05) is 62.1 Å². The molecule has 0 bridgehead atoms. The number of rotatable bonds is 7. The normalized spacial score (nSPS) is 12.8. The Morgan fingerprint density at radius 3 is 1.13 bits per heavy atom. The number of hydrogen-bond donors (Lipinski definition) is 0. The maximum atomic E-state index is 13.9. The SMILES string of the molecule is O=C1c2cccc3c(-c4ccc(-c5ccncc5)c5ccccc45)ccc(c23)C(=O)N1c1ccc2ccccc2c1.O=C1c2cccc3c(-c4nc(-c5ccccc5)nc(-c5ccccc5)n4)ccc(c23)C(=O)N1c1ccc2ccccc2c1. The molecule has 16 rings (SSSR count). The molecule has 4 amide bonds. The van der Waals surface area contributed by atoms with Crippen molar-refractivity contribution in [2.24, 2.45) is 0 Å². The van der Waals surface area contributed by atoms with E-state index in [9.17, 15) is 19.2 Å². The van der Waals surface area contributed by atoms with Crippen LogP contribution >= 0.6 is 0 Å². The Morgan fingerprint density at radius 1 is 0.250 bits per heavy atom. The molecule has 10 heteroatoms. The maximum absolute atomic E-state index is 13.9. The molecular formula is C74H44N6O4. The summed E-state index contributed by atoms with van der Waals surface area (Å²) in [6.45, 7) is 0. The number of imide groups is 2. The second-order valence-electron chi connectivity index (χ2n) is 20.7. The van der Waals surface area contributed by atoms with Gasteiger partial charge in [-0.15, -0.1) is 0 Å². The molecule has 2 aromatic heterocycles. The predicted octanol–water partition coefficient (Wildman–Crippen LogP) is 16.7. The first kappa shape index (κ1) is 49.4. The van der Waals surface area contributed by atoms with Crippen LogP contribution in [0.4, 0.5) is 11.4 Å². The molecule has 0 saturated heterocycles. The first-order valence-electron chi connectivity index (χ1n) is 27.5. The zero-order chi connectivity index (χ0) is 56.4. The van der Waals surface area contributed by atoms with E-state index in [2.05, 4.69) is 29.2 Å². The van der Waals surface area contributed by atoms with Crippen molar-refractivity contribution >= 4 is 88.9 Å². The van der Waals surface area contributed by atoms with E-state index in [0.717, 1.165) is 82.0 Å². The fraction of sp³-hybridized carbons (Fsp3) is 0. The predicted molar refractivity (Wildman–Crippen MR) is 334 cm³/mol. The van der Waals surface area contributed by atoms with Crippen LogP contribution < -0.4 is 9.80 Å². The van der Waals surface area contributed by atoms with Crippen molar-refractivity contribution in [3.05, 3.63) is 289 Å². The van der Waals surface area contributed by atoms with Crippen LogP contribution in [-0.2, 0) is 0 Å². The number of amides is 4. The van der Waals surface area contributed by atoms with E-state index in [1.54, 1.807) is 24.5 Å². The highest BCUT2D eigenvalue weighted by Gasteiger charge is 2.37. The molecule has 0 spiro atoms. The lowest BCUT2D eigenvalue weighted by atomic mass is 9.86. The Balaban J connectivity index is 0.000000143. The van der Waals surface area contributed by atoms with E-state index < -0.39 is 0 Å². The minimum Gasteiger partial charge on any atom is -0.268 e. The van der Waals surface area contributed by atoms with E-state index in [4.69, 9.17) is 15.0 Å². The minimum atomic E-state index is -0.360. The third-order valence-corrected chi connectivity index (χ3v) is 15.9. The number of pyridine rings is 1. The van der Waals surface area contributed by atoms with Gasteiger partial charge < -0.3 is 0 Å². The molecule has 0 saturated carbocycles. The largest absolute Gasteiger partial charge is 0.268 e. The zero-order valence-electron chi connectivity index (χ0n) is 44.7. The van der Waals surface area contributed by atoms with Crippen LogP contribution in [-0.4, -0.2) is 43.6 Å². The van der Waals surface area contributed by atoms with E-state index in [0.29, 0.717) is 61.9 Å². The summed E-state index contributed by atoms with van der Waals surface area (Å²) in [6, 6.07) is 82.1. The summed E-state index contributed by atoms with van der Waals surface area (Å²) in [5.74, 6) is 0.214. The number of carbonyl (C=O) groups is 4. The van der Waals surface area contributed by atoms with Gasteiger partial charge in [0.1, 0.15) is 0 Å². The minimum absolute atomic E-state index is 0.307. The maximum Gasteiger partial charge on any atom is 0.265 e. The molecule has 0 aliphatic carbocycles. The van der Waals surface area contributed by atoms with Gasteiger partial charge in [-0.25, -0.2) is 24.8 Å². The average molecular weight is 1080 g/mol. The van der Waals surface area contributed by atoms with Gasteiger partial charge in [-0.3, -0.25) is 24.2 Å². The Hall–Kier alpha value is -11.6. The number of hydrogen-bond acceptors (Lipinski definition) is 8. The molecular weight excluding hydrogens is 1040 g/mol. The van der Waals surface area contributed by atoms with Gasteiger partial charge in [0.2, 0.25) is 0 Å². The summed E-state index contributed by atoms with van der Waals surface area (Å²) >= 11 is 0. The molecule has 2 aliphatic heterocycles. The lowest BCUT2D eigenvalue weighted by molar-refractivity contribution is 0.0877. The standard InChI is InChI=1S/C37H22N4O2.C37H22N2O2/c42-36-30-17-9-16-28-29(35-39-33(24-11-3-1-4-12-24)38-34(40-35)25-13-5-2-6-14-25)20-21-31(32(28)30)37(43)41(36)27-19-18-23-10-7-8-15-26(23)22-27;40-36-33-11-5-10-32-31(30-15-14-27(24-18-20-38-21-19-24)28-8-3-4-9-29(28)30)16-17-34(35(32)33)37(41)39(36)26-13-12-23-6-1-2-7-25(23)22-26/h1-22H;1-22H. The highest BCUT2D eigenvalue weighted by atomic mass is 16.2. The Morgan fingerprint density at radius 2 is 0.619 bits per heavy atom. The van der Waals surface area contributed by atoms with Crippen LogP contribution in [0.2, 0.25) is 0 Å². The molecule has 4 heterocycles. The molecule has 0 radical (unpaired) electrons. The second-order valence-corrected chi connectivity index (χ2v) is 20.7. The number of anilines is 2. The van der Waals surface area contributed by atoms with Crippen molar-refractivity contribution in [3.63, 3.8) is 0 Å². The second kappa shape index (κ2) is 20.2. The van der Waals surface area contributed by atoms with Crippen molar-refractivity contribution in [3.8, 4) is 56.4 Å². The van der Waals surface area contributed by atoms with Gasteiger partial charge in [0.05, 0.1) is 11.4 Å². The Kier molecular flexibility index (Phi) is 11.9. The van der Waals surface area contributed by atoms with Crippen LogP contribution in [0, 0.1) is 0 Å². The van der Waals surface area contributed by atoms with Gasteiger partial charge in [-0.1, -0.05) is 188 Å². The lowest BCUT2D eigenvalue weighted by Crippen LogP contribution is -2.40. The fourth-order valence-corrected chi connectivity index (χ4v) is 12.0. The number of carbonyl (C=O) groups excluding carboxylic acids is 4. The third kappa shape index (κ3) is 8.27. The molecule has 0 fully saturated rings. The number of benzene rings is 12. The van der Waals surface area contributed by atoms with Gasteiger partial charge in [-0.05, 0) is 132 Å². The van der Waals surface area contributed by atoms with Crippen molar-refractivity contribution in [1.29, 1.82) is 0 Å². The topological polar surface area (TPSA) is 126 Å². The lowest BCUT2D eigenvalue weighted by Gasteiger charge is -2.28. The smallest absolute Gasteiger partial charge is 0.265 e. The van der Waals surface area contributed by atoms with Crippen molar-refractivity contribution in [1.82, 2.24) is 19.9 Å². The molecule has 12 aromatic carbocycles. The molecule has 14 aromatic rings. The third-order valence-electron chi connectivity index (χ3n) is 15.9. The Bertz CT molecular complexity index is 4970. The van der Waals surface area contributed by atoms with Gasteiger partial charge in [0.15, 0.2) is 17.5 Å². The molecule has 10 nitrogen and oxygen atoms in total. The first-order valence-corrected chi connectivity index (χ1v) is 27.5. The van der Waals surface area contributed by atoms with Crippen LogP contribution in [0.1, 0.15) is 41.4 Å². The monoisotopic (exact) mass is 1080 g/mol. The van der Waals surface area contributed by atoms with Crippen molar-refractivity contribution in [2.75, 3.05) is 9.80 Å². The summed E-state index contributed by atoms with van der Waals surface area (Å²) < 4.78 is 0. The van der Waals surface area contributed by atoms with E-state index in [1.807, 2.05) is 218 Å². The van der Waals surface area contributed by atoms with E-state index in [1.165, 1.54) is 9.80 Å². The number of fused-ring (bicyclic) bond motifs is 3. The van der Waals surface area contributed by atoms with Crippen LogP contribution in [0.3, 0.4) is 0 Å². The first-order chi connectivity index (χ1) is 41.3. The summed E-state index contributed by atoms with van der Waals surface area (Å²) in [4.78, 5) is 77.0. The molecule has 394 valence electrons. The fourth-order valence-electron chi connectivity index (χ4n) is 12.0. The van der Waals surface area contributed by atoms with E-state index >= 15 is 0 Å². The molecule has 0 unspecified atom stereocenters. The summed E-state index contributed by atoms with van der Waals surface area (Å²) in [6.07, 6.45) is 3.61. The van der Waals surface area contributed by atoms with Gasteiger partial charge in [0.25, 0.3) is 23.6 Å². The van der Waals surface area contributed by atoms with Gasteiger partial charge >= 0.3 is 0 Å².